The van der Waals surface area contributed by atoms with E-state index in [0.717, 1.165) is 5.56 Å². The quantitative estimate of drug-likeness (QED) is 0.765. The van der Waals surface area contributed by atoms with Crippen LogP contribution in [0, 0.1) is 5.82 Å². The molecule has 2 aromatic carbocycles. The summed E-state index contributed by atoms with van der Waals surface area (Å²) in [6, 6.07) is 13.0. The third-order valence-electron chi connectivity index (χ3n) is 3.07. The van der Waals surface area contributed by atoms with Gasteiger partial charge in [0.25, 0.3) is 0 Å². The van der Waals surface area contributed by atoms with Gasteiger partial charge in [-0.15, -0.1) is 0 Å². The van der Waals surface area contributed by atoms with E-state index in [9.17, 15) is 9.18 Å². The zero-order chi connectivity index (χ0) is 16.5. The molecule has 0 radical (unpaired) electrons. The second-order valence-electron chi connectivity index (χ2n) is 4.88. The number of carbonyl (C=O) groups excluding carboxylic acids is 1. The van der Waals surface area contributed by atoms with Crippen molar-refractivity contribution >= 4 is 11.7 Å². The molecule has 2 rings (SSSR count). The van der Waals surface area contributed by atoms with Gasteiger partial charge in [0.2, 0.25) is 0 Å². The number of ether oxygens (including phenoxy) is 1. The lowest BCUT2D eigenvalue weighted by atomic mass is 10.1. The number of halogens is 1. The SMILES string of the molecule is C=CCOc1cccc(NC(=O)NCCc2ccc(F)cc2)c1. The molecule has 2 amide bonds. The van der Waals surface area contributed by atoms with Crippen molar-refractivity contribution in [3.63, 3.8) is 0 Å². The normalized spacial score (nSPS) is 9.96. The van der Waals surface area contributed by atoms with Crippen molar-refractivity contribution in [1.29, 1.82) is 0 Å². The Kier molecular flexibility index (Phi) is 6.17. The summed E-state index contributed by atoms with van der Waals surface area (Å²) in [6.45, 7) is 4.46. The third-order valence-corrected chi connectivity index (χ3v) is 3.07. The van der Waals surface area contributed by atoms with Crippen LogP contribution in [0.2, 0.25) is 0 Å². The van der Waals surface area contributed by atoms with E-state index in [-0.39, 0.29) is 11.8 Å². The van der Waals surface area contributed by atoms with Crippen LogP contribution >= 0.6 is 0 Å². The van der Waals surface area contributed by atoms with E-state index in [1.807, 2.05) is 0 Å². The van der Waals surface area contributed by atoms with Gasteiger partial charge in [0.15, 0.2) is 0 Å². The first-order chi connectivity index (χ1) is 11.2. The Labute approximate surface area is 135 Å². The summed E-state index contributed by atoms with van der Waals surface area (Å²) in [5, 5.41) is 5.49. The van der Waals surface area contributed by atoms with Gasteiger partial charge >= 0.3 is 6.03 Å². The fourth-order valence-electron chi connectivity index (χ4n) is 1.97. The van der Waals surface area contributed by atoms with E-state index in [4.69, 9.17) is 4.74 Å². The zero-order valence-electron chi connectivity index (χ0n) is 12.7. The summed E-state index contributed by atoms with van der Waals surface area (Å²) in [4.78, 5) is 11.8. The molecule has 0 saturated heterocycles. The monoisotopic (exact) mass is 314 g/mol. The van der Waals surface area contributed by atoms with Crippen molar-refractivity contribution in [3.8, 4) is 5.75 Å². The molecular weight excluding hydrogens is 295 g/mol. The van der Waals surface area contributed by atoms with Gasteiger partial charge in [-0.25, -0.2) is 9.18 Å². The molecule has 0 bridgehead atoms. The van der Waals surface area contributed by atoms with Crippen molar-refractivity contribution < 1.29 is 13.9 Å². The van der Waals surface area contributed by atoms with Crippen molar-refractivity contribution in [2.75, 3.05) is 18.5 Å². The maximum atomic E-state index is 12.8. The minimum Gasteiger partial charge on any atom is -0.489 e. The second-order valence-corrected chi connectivity index (χ2v) is 4.88. The van der Waals surface area contributed by atoms with Gasteiger partial charge in [-0.05, 0) is 36.2 Å². The molecule has 0 heterocycles. The summed E-state index contributed by atoms with van der Waals surface area (Å²) in [7, 11) is 0. The minimum atomic E-state index is -0.298. The van der Waals surface area contributed by atoms with Gasteiger partial charge < -0.3 is 15.4 Å². The summed E-state index contributed by atoms with van der Waals surface area (Å²) < 4.78 is 18.2. The number of amides is 2. The van der Waals surface area contributed by atoms with Crippen LogP contribution in [0.3, 0.4) is 0 Å². The van der Waals surface area contributed by atoms with Crippen molar-refractivity contribution in [2.45, 2.75) is 6.42 Å². The van der Waals surface area contributed by atoms with Crippen LogP contribution < -0.4 is 15.4 Å². The van der Waals surface area contributed by atoms with Crippen molar-refractivity contribution in [1.82, 2.24) is 5.32 Å². The number of hydrogen-bond donors (Lipinski definition) is 2. The molecule has 0 aliphatic heterocycles. The minimum absolute atomic E-state index is 0.266. The topological polar surface area (TPSA) is 50.4 Å². The number of hydrogen-bond acceptors (Lipinski definition) is 2. The predicted octanol–water partition coefficient (Wildman–Crippen LogP) is 3.75. The number of anilines is 1. The van der Waals surface area contributed by atoms with E-state index < -0.39 is 0 Å². The molecule has 0 aliphatic rings. The largest absolute Gasteiger partial charge is 0.489 e. The van der Waals surface area contributed by atoms with Crippen LogP contribution in [0.4, 0.5) is 14.9 Å². The molecule has 0 saturated carbocycles. The number of urea groups is 1. The average molecular weight is 314 g/mol. The lowest BCUT2D eigenvalue weighted by Crippen LogP contribution is -2.30. The van der Waals surface area contributed by atoms with E-state index >= 15 is 0 Å². The molecule has 0 spiro atoms. The smallest absolute Gasteiger partial charge is 0.319 e. The predicted molar refractivity (Wildman–Crippen MR) is 89.3 cm³/mol. The summed E-state index contributed by atoms with van der Waals surface area (Å²) in [6.07, 6.45) is 2.29. The van der Waals surface area contributed by atoms with Crippen LogP contribution in [-0.4, -0.2) is 19.2 Å². The van der Waals surface area contributed by atoms with E-state index in [1.165, 1.54) is 12.1 Å². The van der Waals surface area contributed by atoms with Gasteiger partial charge in [0.1, 0.15) is 18.2 Å². The van der Waals surface area contributed by atoms with E-state index in [0.29, 0.717) is 31.0 Å². The van der Waals surface area contributed by atoms with Gasteiger partial charge in [-0.3, -0.25) is 0 Å². The maximum Gasteiger partial charge on any atom is 0.319 e. The average Bonchev–Trinajstić information content (AvgIpc) is 2.55. The molecule has 2 aromatic rings. The molecule has 120 valence electrons. The highest BCUT2D eigenvalue weighted by atomic mass is 19.1. The van der Waals surface area contributed by atoms with Crippen molar-refractivity contribution in [2.24, 2.45) is 0 Å². The Hall–Kier alpha value is -2.82. The molecule has 0 atom stereocenters. The third kappa shape index (κ3) is 5.82. The van der Waals surface area contributed by atoms with E-state index in [1.54, 1.807) is 42.5 Å². The molecule has 0 unspecified atom stereocenters. The standard InChI is InChI=1S/C18H19FN2O2/c1-2-12-23-17-5-3-4-16(13-17)21-18(22)20-11-10-14-6-8-15(19)9-7-14/h2-9,13H,1,10-12H2,(H2,20,21,22). The first-order valence-electron chi connectivity index (χ1n) is 7.30. The van der Waals surface area contributed by atoms with Gasteiger partial charge in [0.05, 0.1) is 0 Å². The van der Waals surface area contributed by atoms with Crippen LogP contribution in [0.15, 0.2) is 61.2 Å². The van der Waals surface area contributed by atoms with Crippen LogP contribution in [0.25, 0.3) is 0 Å². The van der Waals surface area contributed by atoms with Gasteiger partial charge in [0, 0.05) is 18.3 Å². The van der Waals surface area contributed by atoms with E-state index in [2.05, 4.69) is 17.2 Å². The first-order valence-corrected chi connectivity index (χ1v) is 7.30. The molecule has 4 nitrogen and oxygen atoms in total. The zero-order valence-corrected chi connectivity index (χ0v) is 12.7. The highest BCUT2D eigenvalue weighted by Crippen LogP contribution is 2.17. The Bertz CT molecular complexity index is 656. The molecular formula is C18H19FN2O2. The van der Waals surface area contributed by atoms with Gasteiger partial charge in [-0.1, -0.05) is 30.9 Å². The molecule has 0 aromatic heterocycles. The Morgan fingerprint density at radius 2 is 2.00 bits per heavy atom. The maximum absolute atomic E-state index is 12.8. The first kappa shape index (κ1) is 16.5. The lowest BCUT2D eigenvalue weighted by molar-refractivity contribution is 0.252. The van der Waals surface area contributed by atoms with Crippen LogP contribution in [0.1, 0.15) is 5.56 Å². The van der Waals surface area contributed by atoms with Crippen LogP contribution in [0.5, 0.6) is 5.75 Å². The Balaban J connectivity index is 1.78. The molecule has 2 N–H and O–H groups in total. The summed E-state index contributed by atoms with van der Waals surface area (Å²) in [5.74, 6) is 0.395. The number of rotatable bonds is 7. The lowest BCUT2D eigenvalue weighted by Gasteiger charge is -2.09. The Morgan fingerprint density at radius 1 is 1.22 bits per heavy atom. The van der Waals surface area contributed by atoms with Gasteiger partial charge in [-0.2, -0.15) is 0 Å². The summed E-state index contributed by atoms with van der Waals surface area (Å²) >= 11 is 0. The highest BCUT2D eigenvalue weighted by Gasteiger charge is 2.03. The fraction of sp³-hybridized carbons (Fsp3) is 0.167. The molecule has 23 heavy (non-hydrogen) atoms. The fourth-order valence-corrected chi connectivity index (χ4v) is 1.97. The Morgan fingerprint density at radius 3 is 2.74 bits per heavy atom. The summed E-state index contributed by atoms with van der Waals surface area (Å²) in [5.41, 5.74) is 1.61. The number of benzene rings is 2. The molecule has 0 fully saturated rings. The van der Waals surface area contributed by atoms with Crippen LogP contribution in [-0.2, 0) is 6.42 Å². The highest BCUT2D eigenvalue weighted by molar-refractivity contribution is 5.89. The number of nitrogens with one attached hydrogen (secondary N) is 2. The van der Waals surface area contributed by atoms with Crippen molar-refractivity contribution in [3.05, 3.63) is 72.6 Å². The second kappa shape index (κ2) is 8.58. The number of carbonyl (C=O) groups is 1. The molecule has 5 heteroatoms. The molecule has 0 aliphatic carbocycles.